The van der Waals surface area contributed by atoms with Gasteiger partial charge in [0, 0.05) is 23.5 Å². The molecule has 0 atom stereocenters. The van der Waals surface area contributed by atoms with Gasteiger partial charge in [0.15, 0.2) is 0 Å². The minimum absolute atomic E-state index is 0.0398. The van der Waals surface area contributed by atoms with E-state index >= 15 is 0 Å². The first-order chi connectivity index (χ1) is 9.43. The summed E-state index contributed by atoms with van der Waals surface area (Å²) in [6.45, 7) is 1.68. The van der Waals surface area contributed by atoms with Crippen LogP contribution in [0.15, 0.2) is 24.4 Å². The molecule has 0 radical (unpaired) electrons. The standard InChI is InChI=1S/C13H9FN4O2/c1-7-2-9(13(14)17-6-7)12-10(16)3-8(5-15)4-11(12)18(19)20/h2-4,6H,16H2,1H3. The van der Waals surface area contributed by atoms with Crippen LogP contribution >= 0.6 is 0 Å². The molecule has 0 spiro atoms. The van der Waals surface area contributed by atoms with Gasteiger partial charge in [0.25, 0.3) is 5.69 Å². The number of aryl methyl sites for hydroxylation is 1. The molecule has 20 heavy (non-hydrogen) atoms. The Morgan fingerprint density at radius 3 is 2.75 bits per heavy atom. The Kier molecular flexibility index (Phi) is 3.31. The van der Waals surface area contributed by atoms with Gasteiger partial charge in [0.05, 0.1) is 22.1 Å². The summed E-state index contributed by atoms with van der Waals surface area (Å²) in [6, 6.07) is 5.53. The van der Waals surface area contributed by atoms with Crippen LogP contribution in [-0.4, -0.2) is 9.91 Å². The van der Waals surface area contributed by atoms with E-state index in [2.05, 4.69) is 4.98 Å². The number of rotatable bonds is 2. The molecular formula is C13H9FN4O2. The number of nitrogens with two attached hydrogens (primary N) is 1. The van der Waals surface area contributed by atoms with Crippen LogP contribution < -0.4 is 5.73 Å². The van der Waals surface area contributed by atoms with Crippen molar-refractivity contribution in [3.63, 3.8) is 0 Å². The quantitative estimate of drug-likeness (QED) is 0.391. The van der Waals surface area contributed by atoms with Gasteiger partial charge in [-0.3, -0.25) is 10.1 Å². The lowest BCUT2D eigenvalue weighted by Crippen LogP contribution is -2.01. The highest BCUT2D eigenvalue weighted by Crippen LogP contribution is 2.37. The molecule has 6 nitrogen and oxygen atoms in total. The highest BCUT2D eigenvalue weighted by Gasteiger charge is 2.23. The van der Waals surface area contributed by atoms with Gasteiger partial charge in [-0.05, 0) is 24.6 Å². The zero-order chi connectivity index (χ0) is 14.9. The van der Waals surface area contributed by atoms with Crippen LogP contribution in [0, 0.1) is 34.3 Å². The second-order valence-corrected chi connectivity index (χ2v) is 4.18. The molecule has 0 saturated heterocycles. The molecule has 0 fully saturated rings. The Hall–Kier alpha value is -3.01. The molecule has 1 heterocycles. The third-order valence-corrected chi connectivity index (χ3v) is 2.72. The number of nitro groups is 1. The largest absolute Gasteiger partial charge is 0.398 e. The summed E-state index contributed by atoms with van der Waals surface area (Å²) >= 11 is 0. The topological polar surface area (TPSA) is 106 Å². The summed E-state index contributed by atoms with van der Waals surface area (Å²) in [5.41, 5.74) is 5.83. The number of aromatic nitrogens is 1. The van der Waals surface area contributed by atoms with E-state index < -0.39 is 16.6 Å². The molecule has 0 aliphatic carbocycles. The molecule has 100 valence electrons. The number of nitrogen functional groups attached to an aromatic ring is 1. The average Bonchev–Trinajstić information content (AvgIpc) is 2.40. The van der Waals surface area contributed by atoms with Crippen molar-refractivity contribution in [2.24, 2.45) is 0 Å². The van der Waals surface area contributed by atoms with E-state index in [4.69, 9.17) is 11.0 Å². The second kappa shape index (κ2) is 4.93. The molecule has 1 aromatic heterocycles. The minimum Gasteiger partial charge on any atom is -0.398 e. The number of pyridine rings is 1. The molecule has 0 aliphatic rings. The Morgan fingerprint density at radius 1 is 1.45 bits per heavy atom. The van der Waals surface area contributed by atoms with Crippen LogP contribution in [0.5, 0.6) is 0 Å². The molecule has 1 aromatic carbocycles. The smallest absolute Gasteiger partial charge is 0.280 e. The number of nitriles is 1. The normalized spacial score (nSPS) is 10.1. The average molecular weight is 272 g/mol. The fourth-order valence-electron chi connectivity index (χ4n) is 1.88. The number of nitrogens with zero attached hydrogens (tertiary/aromatic N) is 3. The summed E-state index contributed by atoms with van der Waals surface area (Å²) in [5, 5.41) is 19.9. The van der Waals surface area contributed by atoms with Gasteiger partial charge in [-0.2, -0.15) is 9.65 Å². The first-order valence-corrected chi connectivity index (χ1v) is 5.54. The van der Waals surface area contributed by atoms with Crippen molar-refractivity contribution in [2.75, 3.05) is 5.73 Å². The van der Waals surface area contributed by atoms with Crippen molar-refractivity contribution >= 4 is 11.4 Å². The lowest BCUT2D eigenvalue weighted by atomic mass is 9.99. The Balaban J connectivity index is 2.83. The summed E-state index contributed by atoms with van der Waals surface area (Å²) in [5.74, 6) is -0.852. The van der Waals surface area contributed by atoms with Crippen LogP contribution in [-0.2, 0) is 0 Å². The fourth-order valence-corrected chi connectivity index (χ4v) is 1.88. The third-order valence-electron chi connectivity index (χ3n) is 2.72. The van der Waals surface area contributed by atoms with Crippen LogP contribution in [0.1, 0.15) is 11.1 Å². The first kappa shape index (κ1) is 13.4. The number of benzene rings is 1. The molecule has 0 bridgehead atoms. The summed E-state index contributed by atoms with van der Waals surface area (Å²) in [7, 11) is 0. The van der Waals surface area contributed by atoms with Crippen LogP contribution in [0.3, 0.4) is 0 Å². The van der Waals surface area contributed by atoms with Crippen molar-refractivity contribution < 1.29 is 9.31 Å². The van der Waals surface area contributed by atoms with Gasteiger partial charge >= 0.3 is 0 Å². The predicted octanol–water partition coefficient (Wildman–Crippen LogP) is 2.56. The van der Waals surface area contributed by atoms with E-state index in [-0.39, 0.29) is 22.4 Å². The van der Waals surface area contributed by atoms with Crippen molar-refractivity contribution in [1.29, 1.82) is 5.26 Å². The molecule has 2 aromatic rings. The maximum Gasteiger partial charge on any atom is 0.280 e. The van der Waals surface area contributed by atoms with Gasteiger partial charge in [0.1, 0.15) is 0 Å². The molecule has 0 unspecified atom stereocenters. The third kappa shape index (κ3) is 2.27. The number of halogens is 1. The van der Waals surface area contributed by atoms with E-state index in [1.54, 1.807) is 13.0 Å². The fraction of sp³-hybridized carbons (Fsp3) is 0.0769. The van der Waals surface area contributed by atoms with Crippen molar-refractivity contribution in [3.05, 3.63) is 51.6 Å². The predicted molar refractivity (Wildman–Crippen MR) is 70.1 cm³/mol. The second-order valence-electron chi connectivity index (χ2n) is 4.18. The molecule has 0 amide bonds. The first-order valence-electron chi connectivity index (χ1n) is 5.54. The zero-order valence-corrected chi connectivity index (χ0v) is 10.4. The summed E-state index contributed by atoms with van der Waals surface area (Å²) in [6.07, 6.45) is 1.31. The maximum absolute atomic E-state index is 13.8. The van der Waals surface area contributed by atoms with E-state index in [1.807, 2.05) is 0 Å². The zero-order valence-electron chi connectivity index (χ0n) is 10.4. The SMILES string of the molecule is Cc1cnc(F)c(-c2c(N)cc(C#N)cc2[N+](=O)[O-])c1. The molecule has 2 rings (SSSR count). The number of hydrogen-bond donors (Lipinski definition) is 1. The Labute approximate surface area is 113 Å². The van der Waals surface area contributed by atoms with Gasteiger partial charge in [-0.25, -0.2) is 4.98 Å². The van der Waals surface area contributed by atoms with E-state index in [0.717, 1.165) is 6.07 Å². The Morgan fingerprint density at radius 2 is 2.15 bits per heavy atom. The number of hydrogen-bond acceptors (Lipinski definition) is 5. The molecule has 0 saturated carbocycles. The van der Waals surface area contributed by atoms with Crippen molar-refractivity contribution in [1.82, 2.24) is 4.98 Å². The van der Waals surface area contributed by atoms with Gasteiger partial charge < -0.3 is 5.73 Å². The molecular weight excluding hydrogens is 263 g/mol. The lowest BCUT2D eigenvalue weighted by molar-refractivity contribution is -0.384. The minimum atomic E-state index is -0.852. The summed E-state index contributed by atoms with van der Waals surface area (Å²) in [4.78, 5) is 13.9. The van der Waals surface area contributed by atoms with Gasteiger partial charge in [0.2, 0.25) is 5.95 Å². The van der Waals surface area contributed by atoms with E-state index in [9.17, 15) is 14.5 Å². The van der Waals surface area contributed by atoms with Crippen LogP contribution in [0.25, 0.3) is 11.1 Å². The Bertz CT molecular complexity index is 753. The van der Waals surface area contributed by atoms with Crippen LogP contribution in [0.4, 0.5) is 15.8 Å². The van der Waals surface area contributed by atoms with Gasteiger partial charge in [-0.15, -0.1) is 0 Å². The highest BCUT2D eigenvalue weighted by atomic mass is 19.1. The summed E-state index contributed by atoms with van der Waals surface area (Å²) < 4.78 is 13.8. The number of nitro benzene ring substituents is 1. The molecule has 7 heteroatoms. The lowest BCUT2D eigenvalue weighted by Gasteiger charge is -2.09. The van der Waals surface area contributed by atoms with Gasteiger partial charge in [-0.1, -0.05) is 0 Å². The van der Waals surface area contributed by atoms with Crippen molar-refractivity contribution in [3.8, 4) is 17.2 Å². The van der Waals surface area contributed by atoms with E-state index in [1.165, 1.54) is 18.3 Å². The maximum atomic E-state index is 13.8. The monoisotopic (exact) mass is 272 g/mol. The highest BCUT2D eigenvalue weighted by molar-refractivity contribution is 5.85. The molecule has 0 aliphatic heterocycles. The van der Waals surface area contributed by atoms with E-state index in [0.29, 0.717) is 5.56 Å². The number of anilines is 1. The molecule has 2 N–H and O–H groups in total. The van der Waals surface area contributed by atoms with Crippen molar-refractivity contribution in [2.45, 2.75) is 6.92 Å². The van der Waals surface area contributed by atoms with Crippen LogP contribution in [0.2, 0.25) is 0 Å².